The lowest BCUT2D eigenvalue weighted by Gasteiger charge is -2.12. The van der Waals surface area contributed by atoms with Gasteiger partial charge in [-0.15, -0.1) is 0 Å². The topological polar surface area (TPSA) is 51.2 Å². The molecule has 1 aromatic carbocycles. The first-order chi connectivity index (χ1) is 8.61. The molecule has 0 spiro atoms. The first-order valence-electron chi connectivity index (χ1n) is 5.60. The largest absolute Gasteiger partial charge is 0.492 e. The number of nitrogens with one attached hydrogen (secondary N) is 1. The molecule has 1 amide bonds. The molecule has 4 nitrogen and oxygen atoms in total. The third-order valence-corrected chi connectivity index (χ3v) is 2.73. The normalized spacial score (nSPS) is 10.4. The summed E-state index contributed by atoms with van der Waals surface area (Å²) in [7, 11) is 0. The fourth-order valence-electron chi connectivity index (χ4n) is 1.70. The molecule has 0 saturated carbocycles. The van der Waals surface area contributed by atoms with Crippen molar-refractivity contribution >= 4 is 34.1 Å². The van der Waals surface area contributed by atoms with Crippen molar-refractivity contribution in [2.75, 3.05) is 11.9 Å². The van der Waals surface area contributed by atoms with Crippen LogP contribution in [-0.4, -0.2) is 17.5 Å². The van der Waals surface area contributed by atoms with E-state index < -0.39 is 0 Å². The van der Waals surface area contributed by atoms with Crippen LogP contribution in [0.3, 0.4) is 0 Å². The van der Waals surface area contributed by atoms with Crippen LogP contribution in [0.2, 0.25) is 5.02 Å². The second-order valence-electron chi connectivity index (χ2n) is 3.77. The SMILES string of the molecule is CCOc1cc2nccc(Cl)c2cc1NC(C)=O. The monoisotopic (exact) mass is 264 g/mol. The molecule has 0 aliphatic carbocycles. The third kappa shape index (κ3) is 2.54. The van der Waals surface area contributed by atoms with Gasteiger partial charge in [0, 0.05) is 24.6 Å². The molecule has 0 unspecified atom stereocenters. The van der Waals surface area contributed by atoms with E-state index in [-0.39, 0.29) is 5.91 Å². The van der Waals surface area contributed by atoms with Crippen LogP contribution in [0.15, 0.2) is 24.4 Å². The number of anilines is 1. The number of carbonyl (C=O) groups excluding carboxylic acids is 1. The maximum atomic E-state index is 11.2. The van der Waals surface area contributed by atoms with Crippen molar-refractivity contribution in [3.63, 3.8) is 0 Å². The Morgan fingerprint density at radius 1 is 1.50 bits per heavy atom. The van der Waals surface area contributed by atoms with E-state index in [2.05, 4.69) is 10.3 Å². The molecule has 0 bridgehead atoms. The molecule has 0 saturated heterocycles. The second-order valence-corrected chi connectivity index (χ2v) is 4.18. The van der Waals surface area contributed by atoms with Crippen LogP contribution >= 0.6 is 11.6 Å². The van der Waals surface area contributed by atoms with E-state index in [9.17, 15) is 4.79 Å². The highest BCUT2D eigenvalue weighted by Gasteiger charge is 2.10. The van der Waals surface area contributed by atoms with E-state index in [4.69, 9.17) is 16.3 Å². The number of pyridine rings is 1. The molecule has 5 heteroatoms. The van der Waals surface area contributed by atoms with Crippen molar-refractivity contribution < 1.29 is 9.53 Å². The molecular weight excluding hydrogens is 252 g/mol. The molecular formula is C13H13ClN2O2. The minimum atomic E-state index is -0.157. The van der Waals surface area contributed by atoms with E-state index in [0.29, 0.717) is 23.1 Å². The van der Waals surface area contributed by atoms with E-state index in [1.165, 1.54) is 6.92 Å². The highest BCUT2D eigenvalue weighted by Crippen LogP contribution is 2.32. The summed E-state index contributed by atoms with van der Waals surface area (Å²) in [5.41, 5.74) is 1.34. The lowest BCUT2D eigenvalue weighted by molar-refractivity contribution is -0.114. The maximum absolute atomic E-state index is 11.2. The van der Waals surface area contributed by atoms with Crippen LogP contribution in [0.4, 0.5) is 5.69 Å². The summed E-state index contributed by atoms with van der Waals surface area (Å²) in [5, 5.41) is 4.10. The highest BCUT2D eigenvalue weighted by molar-refractivity contribution is 6.35. The Hall–Kier alpha value is -1.81. The molecule has 0 radical (unpaired) electrons. The number of amides is 1. The average Bonchev–Trinajstić information content (AvgIpc) is 2.31. The summed E-state index contributed by atoms with van der Waals surface area (Å²) < 4.78 is 5.49. The Labute approximate surface area is 110 Å². The van der Waals surface area contributed by atoms with E-state index >= 15 is 0 Å². The standard InChI is InChI=1S/C13H13ClN2O2/c1-3-18-13-7-11-9(10(14)4-5-15-11)6-12(13)16-8(2)17/h4-7H,3H2,1-2H3,(H,16,17). The smallest absolute Gasteiger partial charge is 0.221 e. The van der Waals surface area contributed by atoms with Crippen molar-refractivity contribution in [2.24, 2.45) is 0 Å². The van der Waals surface area contributed by atoms with Gasteiger partial charge in [0.1, 0.15) is 5.75 Å². The van der Waals surface area contributed by atoms with Crippen molar-refractivity contribution in [1.82, 2.24) is 4.98 Å². The molecule has 0 aliphatic rings. The predicted octanol–water partition coefficient (Wildman–Crippen LogP) is 3.25. The molecule has 2 rings (SSSR count). The maximum Gasteiger partial charge on any atom is 0.221 e. The number of fused-ring (bicyclic) bond motifs is 1. The van der Waals surface area contributed by atoms with Crippen LogP contribution in [0.25, 0.3) is 10.9 Å². The van der Waals surface area contributed by atoms with Gasteiger partial charge in [0.15, 0.2) is 0 Å². The zero-order valence-electron chi connectivity index (χ0n) is 10.2. The molecule has 2 aromatic rings. The van der Waals surface area contributed by atoms with Gasteiger partial charge in [0.2, 0.25) is 5.91 Å². The number of hydrogen-bond donors (Lipinski definition) is 1. The number of benzene rings is 1. The average molecular weight is 265 g/mol. The Morgan fingerprint density at radius 2 is 2.28 bits per heavy atom. The minimum Gasteiger partial charge on any atom is -0.492 e. The number of aromatic nitrogens is 1. The molecule has 94 valence electrons. The molecule has 1 heterocycles. The van der Waals surface area contributed by atoms with Crippen LogP contribution in [0.1, 0.15) is 13.8 Å². The summed E-state index contributed by atoms with van der Waals surface area (Å²) in [6.45, 7) is 3.84. The number of halogens is 1. The van der Waals surface area contributed by atoms with E-state index in [1.54, 1.807) is 24.4 Å². The fourth-order valence-corrected chi connectivity index (χ4v) is 1.91. The summed E-state index contributed by atoms with van der Waals surface area (Å²) in [5.74, 6) is 0.435. The van der Waals surface area contributed by atoms with Gasteiger partial charge in [-0.25, -0.2) is 0 Å². The van der Waals surface area contributed by atoms with Gasteiger partial charge in [-0.1, -0.05) is 11.6 Å². The summed E-state index contributed by atoms with van der Waals surface area (Å²) in [4.78, 5) is 15.4. The number of carbonyl (C=O) groups is 1. The Balaban J connectivity index is 2.60. The fraction of sp³-hybridized carbons (Fsp3) is 0.231. The molecule has 1 aromatic heterocycles. The first kappa shape index (κ1) is 12.6. The van der Waals surface area contributed by atoms with Gasteiger partial charge in [-0.3, -0.25) is 9.78 Å². The molecule has 18 heavy (non-hydrogen) atoms. The lowest BCUT2D eigenvalue weighted by atomic mass is 10.2. The van der Waals surface area contributed by atoms with Crippen molar-refractivity contribution in [1.29, 1.82) is 0 Å². The van der Waals surface area contributed by atoms with Crippen LogP contribution in [-0.2, 0) is 4.79 Å². The number of nitrogens with zero attached hydrogens (tertiary/aromatic N) is 1. The number of ether oxygens (including phenoxy) is 1. The molecule has 0 fully saturated rings. The number of rotatable bonds is 3. The quantitative estimate of drug-likeness (QED) is 0.926. The van der Waals surface area contributed by atoms with Crippen LogP contribution in [0.5, 0.6) is 5.75 Å². The highest BCUT2D eigenvalue weighted by atomic mass is 35.5. The number of hydrogen-bond acceptors (Lipinski definition) is 3. The van der Waals surface area contributed by atoms with Gasteiger partial charge >= 0.3 is 0 Å². The lowest BCUT2D eigenvalue weighted by Crippen LogP contribution is -2.08. The molecule has 0 atom stereocenters. The molecule has 0 aliphatic heterocycles. The van der Waals surface area contributed by atoms with Crippen LogP contribution in [0, 0.1) is 0 Å². The van der Waals surface area contributed by atoms with E-state index in [1.807, 2.05) is 6.92 Å². The van der Waals surface area contributed by atoms with E-state index in [0.717, 1.165) is 10.9 Å². The summed E-state index contributed by atoms with van der Waals surface area (Å²) >= 11 is 6.10. The van der Waals surface area contributed by atoms with Gasteiger partial charge in [-0.2, -0.15) is 0 Å². The van der Waals surface area contributed by atoms with Crippen molar-refractivity contribution in [3.8, 4) is 5.75 Å². The second kappa shape index (κ2) is 5.23. The summed E-state index contributed by atoms with van der Waals surface area (Å²) in [6, 6.07) is 5.26. The molecule has 1 N–H and O–H groups in total. The third-order valence-electron chi connectivity index (χ3n) is 2.40. The Kier molecular flexibility index (Phi) is 3.67. The predicted molar refractivity (Wildman–Crippen MR) is 72.2 cm³/mol. The Morgan fingerprint density at radius 3 is 2.94 bits per heavy atom. The van der Waals surface area contributed by atoms with Gasteiger partial charge < -0.3 is 10.1 Å². The van der Waals surface area contributed by atoms with Gasteiger partial charge in [0.25, 0.3) is 0 Å². The summed E-state index contributed by atoms with van der Waals surface area (Å²) in [6.07, 6.45) is 1.64. The van der Waals surface area contributed by atoms with Gasteiger partial charge in [-0.05, 0) is 19.1 Å². The zero-order valence-corrected chi connectivity index (χ0v) is 10.9. The minimum absolute atomic E-state index is 0.157. The Bertz CT molecular complexity index is 599. The van der Waals surface area contributed by atoms with Crippen molar-refractivity contribution in [2.45, 2.75) is 13.8 Å². The van der Waals surface area contributed by atoms with Gasteiger partial charge in [0.05, 0.1) is 22.8 Å². The van der Waals surface area contributed by atoms with Crippen molar-refractivity contribution in [3.05, 3.63) is 29.4 Å². The first-order valence-corrected chi connectivity index (χ1v) is 5.98. The van der Waals surface area contributed by atoms with Crippen LogP contribution < -0.4 is 10.1 Å². The zero-order chi connectivity index (χ0) is 13.1.